The predicted molar refractivity (Wildman–Crippen MR) is 65.5 cm³/mol. The van der Waals surface area contributed by atoms with Gasteiger partial charge in [0.2, 0.25) is 0 Å². The van der Waals surface area contributed by atoms with Gasteiger partial charge in [0.25, 0.3) is 5.91 Å². The zero-order chi connectivity index (χ0) is 13.9. The van der Waals surface area contributed by atoms with Gasteiger partial charge in [-0.25, -0.2) is 4.79 Å². The Morgan fingerprint density at radius 3 is 2.33 bits per heavy atom. The zero-order valence-corrected chi connectivity index (χ0v) is 10.5. The van der Waals surface area contributed by atoms with Crippen LogP contribution in [0.2, 0.25) is 0 Å². The van der Waals surface area contributed by atoms with E-state index >= 15 is 0 Å². The molecule has 18 heavy (non-hydrogen) atoms. The SMILES string of the molecule is CC(=O)C(NC(=O)c1cccc(C)c1C)C(=O)O. The van der Waals surface area contributed by atoms with E-state index in [-0.39, 0.29) is 0 Å². The maximum Gasteiger partial charge on any atom is 0.334 e. The van der Waals surface area contributed by atoms with E-state index in [1.165, 1.54) is 0 Å². The van der Waals surface area contributed by atoms with E-state index in [1.54, 1.807) is 19.1 Å². The number of aliphatic carboxylic acids is 1. The highest BCUT2D eigenvalue weighted by Gasteiger charge is 2.25. The van der Waals surface area contributed by atoms with Crippen LogP contribution >= 0.6 is 0 Å². The zero-order valence-electron chi connectivity index (χ0n) is 10.5. The van der Waals surface area contributed by atoms with Crippen LogP contribution in [0.1, 0.15) is 28.4 Å². The number of ketones is 1. The van der Waals surface area contributed by atoms with Crippen molar-refractivity contribution >= 4 is 17.7 Å². The molecule has 1 aromatic carbocycles. The van der Waals surface area contributed by atoms with Crippen molar-refractivity contribution in [1.82, 2.24) is 5.32 Å². The van der Waals surface area contributed by atoms with Gasteiger partial charge < -0.3 is 10.4 Å². The van der Waals surface area contributed by atoms with Gasteiger partial charge in [0.05, 0.1) is 0 Å². The van der Waals surface area contributed by atoms with E-state index in [4.69, 9.17) is 5.11 Å². The lowest BCUT2D eigenvalue weighted by Crippen LogP contribution is -2.45. The van der Waals surface area contributed by atoms with E-state index in [1.807, 2.05) is 13.0 Å². The molecule has 0 bridgehead atoms. The Hall–Kier alpha value is -2.17. The summed E-state index contributed by atoms with van der Waals surface area (Å²) in [5.41, 5.74) is 2.07. The molecule has 2 N–H and O–H groups in total. The first-order valence-electron chi connectivity index (χ1n) is 5.45. The number of benzene rings is 1. The first-order chi connectivity index (χ1) is 8.34. The molecule has 0 aliphatic carbocycles. The number of carboxylic acid groups (broad SMARTS) is 1. The average Bonchev–Trinajstić information content (AvgIpc) is 2.28. The number of carboxylic acids is 1. The molecule has 0 aliphatic rings. The molecule has 5 heteroatoms. The van der Waals surface area contributed by atoms with E-state index in [9.17, 15) is 14.4 Å². The Bertz CT molecular complexity index is 494. The summed E-state index contributed by atoms with van der Waals surface area (Å²) in [6, 6.07) is 3.65. The van der Waals surface area contributed by atoms with Crippen LogP contribution in [0.15, 0.2) is 18.2 Å². The normalized spacial score (nSPS) is 11.7. The maximum absolute atomic E-state index is 11.9. The molecule has 0 saturated carbocycles. The second-order valence-corrected chi connectivity index (χ2v) is 4.10. The first-order valence-corrected chi connectivity index (χ1v) is 5.45. The Balaban J connectivity index is 2.98. The number of Topliss-reactive ketones (excluding diaryl/α,β-unsaturated/α-hetero) is 1. The second-order valence-electron chi connectivity index (χ2n) is 4.10. The highest BCUT2D eigenvalue weighted by atomic mass is 16.4. The highest BCUT2D eigenvalue weighted by Crippen LogP contribution is 2.12. The number of rotatable bonds is 4. The van der Waals surface area contributed by atoms with Crippen LogP contribution in [0, 0.1) is 13.8 Å². The Morgan fingerprint density at radius 1 is 1.22 bits per heavy atom. The van der Waals surface area contributed by atoms with Gasteiger partial charge in [-0.1, -0.05) is 12.1 Å². The molecule has 0 heterocycles. The van der Waals surface area contributed by atoms with E-state index in [2.05, 4.69) is 5.32 Å². The number of carbonyl (C=O) groups excluding carboxylic acids is 2. The Morgan fingerprint density at radius 2 is 1.83 bits per heavy atom. The molecule has 1 amide bonds. The largest absolute Gasteiger partial charge is 0.479 e. The lowest BCUT2D eigenvalue weighted by atomic mass is 10.0. The Kier molecular flexibility index (Phi) is 4.20. The molecule has 1 rings (SSSR count). The maximum atomic E-state index is 11.9. The quantitative estimate of drug-likeness (QED) is 0.782. The number of amides is 1. The minimum Gasteiger partial charge on any atom is -0.479 e. The van der Waals surface area contributed by atoms with Crippen molar-refractivity contribution in [2.24, 2.45) is 0 Å². The smallest absolute Gasteiger partial charge is 0.334 e. The standard InChI is InChI=1S/C13H15NO4/c1-7-5-4-6-10(8(7)2)12(16)14-11(9(3)15)13(17)18/h4-6,11H,1-3H3,(H,14,16)(H,17,18). The molecular formula is C13H15NO4. The van der Waals surface area contributed by atoms with Gasteiger partial charge >= 0.3 is 5.97 Å². The number of hydrogen-bond donors (Lipinski definition) is 2. The molecule has 1 aromatic rings. The van der Waals surface area contributed by atoms with E-state index < -0.39 is 23.7 Å². The highest BCUT2D eigenvalue weighted by molar-refractivity contribution is 6.07. The fourth-order valence-electron chi connectivity index (χ4n) is 1.54. The third kappa shape index (κ3) is 2.94. The minimum absolute atomic E-state index is 0.377. The van der Waals surface area contributed by atoms with Crippen molar-refractivity contribution in [2.45, 2.75) is 26.8 Å². The molecule has 0 radical (unpaired) electrons. The molecule has 1 atom stereocenters. The summed E-state index contributed by atoms with van der Waals surface area (Å²) >= 11 is 0. The van der Waals surface area contributed by atoms with Crippen LogP contribution in [0.3, 0.4) is 0 Å². The molecule has 5 nitrogen and oxygen atoms in total. The van der Waals surface area contributed by atoms with Crippen molar-refractivity contribution in [1.29, 1.82) is 0 Å². The molecule has 96 valence electrons. The first kappa shape index (κ1) is 13.9. The molecule has 0 aliphatic heterocycles. The molecule has 1 unspecified atom stereocenters. The van der Waals surface area contributed by atoms with Crippen molar-refractivity contribution in [2.75, 3.05) is 0 Å². The van der Waals surface area contributed by atoms with Gasteiger partial charge in [0, 0.05) is 5.56 Å². The van der Waals surface area contributed by atoms with Crippen LogP contribution in [-0.2, 0) is 9.59 Å². The number of hydrogen-bond acceptors (Lipinski definition) is 3. The average molecular weight is 249 g/mol. The number of carbonyl (C=O) groups is 3. The van der Waals surface area contributed by atoms with E-state index in [0.29, 0.717) is 5.56 Å². The van der Waals surface area contributed by atoms with Gasteiger partial charge in [-0.15, -0.1) is 0 Å². The van der Waals surface area contributed by atoms with Crippen LogP contribution in [-0.4, -0.2) is 28.8 Å². The summed E-state index contributed by atoms with van der Waals surface area (Å²) in [6.07, 6.45) is 0. The van der Waals surface area contributed by atoms with Gasteiger partial charge in [-0.05, 0) is 38.0 Å². The summed E-state index contributed by atoms with van der Waals surface area (Å²) in [5, 5.41) is 11.0. The summed E-state index contributed by atoms with van der Waals surface area (Å²) in [5.74, 6) is -2.53. The number of nitrogens with one attached hydrogen (secondary N) is 1. The third-order valence-corrected chi connectivity index (χ3v) is 2.78. The molecular weight excluding hydrogens is 234 g/mol. The molecule has 0 fully saturated rings. The van der Waals surface area contributed by atoms with Gasteiger partial charge in [-0.3, -0.25) is 9.59 Å². The monoisotopic (exact) mass is 249 g/mol. The van der Waals surface area contributed by atoms with Crippen molar-refractivity contribution in [3.05, 3.63) is 34.9 Å². The van der Waals surface area contributed by atoms with Gasteiger partial charge in [0.1, 0.15) is 0 Å². The summed E-state index contributed by atoms with van der Waals surface area (Å²) in [6.45, 7) is 4.75. The third-order valence-electron chi connectivity index (χ3n) is 2.78. The molecule has 0 spiro atoms. The predicted octanol–water partition coefficient (Wildman–Crippen LogP) is 1.08. The van der Waals surface area contributed by atoms with Crippen LogP contribution in [0.4, 0.5) is 0 Å². The fourth-order valence-corrected chi connectivity index (χ4v) is 1.54. The van der Waals surface area contributed by atoms with Gasteiger partial charge in [0.15, 0.2) is 11.8 Å². The van der Waals surface area contributed by atoms with Crippen molar-refractivity contribution < 1.29 is 19.5 Å². The topological polar surface area (TPSA) is 83.5 Å². The number of aryl methyl sites for hydroxylation is 1. The van der Waals surface area contributed by atoms with Crippen molar-refractivity contribution in [3.8, 4) is 0 Å². The minimum atomic E-state index is -1.50. The lowest BCUT2D eigenvalue weighted by molar-refractivity contribution is -0.142. The Labute approximate surface area is 105 Å². The van der Waals surface area contributed by atoms with Crippen molar-refractivity contribution in [3.63, 3.8) is 0 Å². The van der Waals surface area contributed by atoms with Gasteiger partial charge in [-0.2, -0.15) is 0 Å². The van der Waals surface area contributed by atoms with E-state index in [0.717, 1.165) is 18.1 Å². The second kappa shape index (κ2) is 5.44. The molecule has 0 saturated heterocycles. The fraction of sp³-hybridized carbons (Fsp3) is 0.308. The van der Waals surface area contributed by atoms with Crippen LogP contribution in [0.25, 0.3) is 0 Å². The summed E-state index contributed by atoms with van der Waals surface area (Å²) < 4.78 is 0. The lowest BCUT2D eigenvalue weighted by Gasteiger charge is -2.13. The summed E-state index contributed by atoms with van der Waals surface area (Å²) in [7, 11) is 0. The summed E-state index contributed by atoms with van der Waals surface area (Å²) in [4.78, 5) is 33.8. The van der Waals surface area contributed by atoms with Crippen LogP contribution < -0.4 is 5.32 Å². The molecule has 0 aromatic heterocycles. The van der Waals surface area contributed by atoms with Crippen LogP contribution in [0.5, 0.6) is 0 Å².